The van der Waals surface area contributed by atoms with E-state index in [0.29, 0.717) is 39.6 Å². The van der Waals surface area contributed by atoms with Crippen molar-refractivity contribution in [3.8, 4) is 11.4 Å². The number of carboxylic acids is 1. The molecule has 164 valence electrons. The molecule has 2 aromatic carbocycles. The lowest BCUT2D eigenvalue weighted by Crippen LogP contribution is -2.28. The predicted octanol–water partition coefficient (Wildman–Crippen LogP) is 3.59. The summed E-state index contributed by atoms with van der Waals surface area (Å²) in [6, 6.07) is 11.7. The number of fused-ring (bicyclic) bond motifs is 1. The molecule has 4 rings (SSSR count). The minimum atomic E-state index is -1.04. The maximum Gasteiger partial charge on any atom is 0.335 e. The van der Waals surface area contributed by atoms with Gasteiger partial charge in [-0.2, -0.15) is 0 Å². The smallest absolute Gasteiger partial charge is 0.335 e. The topological polar surface area (TPSA) is 131 Å². The molecule has 0 saturated carbocycles. The molecule has 2 aromatic heterocycles. The number of aryl methyl sites for hydroxylation is 1. The third-order valence-corrected chi connectivity index (χ3v) is 5.59. The van der Waals surface area contributed by atoms with Crippen molar-refractivity contribution in [1.29, 1.82) is 0 Å². The number of aromatic nitrogens is 3. The number of halogens is 1. The van der Waals surface area contributed by atoms with E-state index >= 15 is 0 Å². The van der Waals surface area contributed by atoms with E-state index in [1.165, 1.54) is 18.3 Å². The van der Waals surface area contributed by atoms with Crippen LogP contribution in [0.15, 0.2) is 53.5 Å². The minimum Gasteiger partial charge on any atom is -0.478 e. The Morgan fingerprint density at radius 3 is 2.75 bits per heavy atom. The Balaban J connectivity index is 1.73. The van der Waals surface area contributed by atoms with E-state index in [4.69, 9.17) is 11.6 Å². The van der Waals surface area contributed by atoms with Crippen LogP contribution in [0.2, 0.25) is 5.02 Å². The normalized spacial score (nSPS) is 12.1. The zero-order chi connectivity index (χ0) is 22.8. The molecular formula is C23H21ClN4O4. The highest BCUT2D eigenvalue weighted by molar-refractivity contribution is 6.31. The zero-order valence-corrected chi connectivity index (χ0v) is 17.9. The van der Waals surface area contributed by atoms with E-state index in [2.05, 4.69) is 20.3 Å². The number of nitrogens with zero attached hydrogens (tertiary/aromatic N) is 1. The number of aliphatic hydroxyl groups excluding tert-OH is 1. The van der Waals surface area contributed by atoms with Crippen molar-refractivity contribution in [2.75, 3.05) is 11.9 Å². The lowest BCUT2D eigenvalue weighted by molar-refractivity contribution is 0.0697. The molecule has 1 atom stereocenters. The molecule has 0 aliphatic heterocycles. The molecule has 2 heterocycles. The highest BCUT2D eigenvalue weighted by Crippen LogP contribution is 2.27. The number of H-pyrrole nitrogens is 2. The Morgan fingerprint density at radius 1 is 1.25 bits per heavy atom. The lowest BCUT2D eigenvalue weighted by Gasteiger charge is -2.19. The number of aromatic carboxylic acids is 1. The highest BCUT2D eigenvalue weighted by atomic mass is 35.5. The van der Waals surface area contributed by atoms with Crippen LogP contribution in [-0.4, -0.2) is 43.8 Å². The van der Waals surface area contributed by atoms with Gasteiger partial charge in [0.25, 0.3) is 5.56 Å². The number of anilines is 1. The molecule has 0 radical (unpaired) electrons. The summed E-state index contributed by atoms with van der Waals surface area (Å²) in [5.41, 5.74) is 3.14. The Morgan fingerprint density at radius 2 is 2.03 bits per heavy atom. The number of aromatic amines is 2. The van der Waals surface area contributed by atoms with Gasteiger partial charge < -0.3 is 25.5 Å². The number of aliphatic hydroxyl groups is 1. The number of benzene rings is 2. The molecule has 0 aliphatic carbocycles. The molecule has 4 aromatic rings. The number of imidazole rings is 1. The van der Waals surface area contributed by atoms with Crippen LogP contribution in [0.1, 0.15) is 21.5 Å². The van der Waals surface area contributed by atoms with Crippen molar-refractivity contribution in [2.45, 2.75) is 19.4 Å². The third-order valence-electron chi connectivity index (χ3n) is 5.23. The predicted molar refractivity (Wildman–Crippen MR) is 123 cm³/mol. The van der Waals surface area contributed by atoms with Gasteiger partial charge in [-0.05, 0) is 48.7 Å². The summed E-state index contributed by atoms with van der Waals surface area (Å²) < 4.78 is 0. The minimum absolute atomic E-state index is 0.130. The summed E-state index contributed by atoms with van der Waals surface area (Å²) in [7, 11) is 0. The van der Waals surface area contributed by atoms with Gasteiger partial charge in [-0.15, -0.1) is 0 Å². The number of nitrogens with one attached hydrogen (secondary N) is 3. The van der Waals surface area contributed by atoms with E-state index < -0.39 is 12.0 Å². The largest absolute Gasteiger partial charge is 0.478 e. The van der Waals surface area contributed by atoms with Crippen LogP contribution in [0.3, 0.4) is 0 Å². The molecular weight excluding hydrogens is 432 g/mol. The Hall–Kier alpha value is -3.62. The molecule has 0 amide bonds. The maximum atomic E-state index is 12.7. The van der Waals surface area contributed by atoms with Crippen LogP contribution in [-0.2, 0) is 6.42 Å². The first kappa shape index (κ1) is 21.6. The van der Waals surface area contributed by atoms with Crippen molar-refractivity contribution in [3.63, 3.8) is 0 Å². The molecule has 9 heteroatoms. The number of rotatable bonds is 7. The molecule has 8 nitrogen and oxygen atoms in total. The van der Waals surface area contributed by atoms with Crippen LogP contribution in [0.4, 0.5) is 5.69 Å². The maximum absolute atomic E-state index is 12.7. The van der Waals surface area contributed by atoms with Crippen LogP contribution in [0, 0.1) is 6.92 Å². The van der Waals surface area contributed by atoms with Gasteiger partial charge in [0.2, 0.25) is 0 Å². The summed E-state index contributed by atoms with van der Waals surface area (Å²) in [4.78, 5) is 34.4. The van der Waals surface area contributed by atoms with Crippen molar-refractivity contribution in [3.05, 3.63) is 80.7 Å². The van der Waals surface area contributed by atoms with Crippen LogP contribution < -0.4 is 10.9 Å². The summed E-state index contributed by atoms with van der Waals surface area (Å²) in [6.45, 7) is 1.58. The molecule has 0 spiro atoms. The standard InChI is InChI=1S/C23H21ClN4O4/c1-12-8-14(23(31)32)10-18-20(12)28-21(27-18)19-17(6-7-25-22(19)30)26-15(11-29)9-13-4-2-3-5-16(13)24/h2-8,10,15,29H,9,11H2,1H3,(H,27,28)(H,31,32)(H2,25,26,30)/t15-/m0/s1. The molecule has 0 fully saturated rings. The fourth-order valence-corrected chi connectivity index (χ4v) is 3.89. The number of carboxylic acid groups (broad SMARTS) is 1. The van der Waals surface area contributed by atoms with E-state index in [9.17, 15) is 19.8 Å². The fourth-order valence-electron chi connectivity index (χ4n) is 3.68. The first-order chi connectivity index (χ1) is 15.4. The van der Waals surface area contributed by atoms with Gasteiger partial charge in [-0.25, -0.2) is 9.78 Å². The van der Waals surface area contributed by atoms with Crippen LogP contribution in [0.5, 0.6) is 0 Å². The molecule has 0 bridgehead atoms. The SMILES string of the molecule is Cc1cc(C(=O)O)cc2[nH]c(-c3c(N[C@H](CO)Cc4ccccc4Cl)cc[nH]c3=O)nc12. The molecule has 0 saturated heterocycles. The molecule has 32 heavy (non-hydrogen) atoms. The van der Waals surface area contributed by atoms with Crippen molar-refractivity contribution < 1.29 is 15.0 Å². The molecule has 0 unspecified atom stereocenters. The second kappa shape index (κ2) is 8.86. The van der Waals surface area contributed by atoms with Crippen molar-refractivity contribution in [1.82, 2.24) is 15.0 Å². The Labute approximate surface area is 187 Å². The Bertz CT molecular complexity index is 1360. The van der Waals surface area contributed by atoms with Gasteiger partial charge in [0, 0.05) is 11.2 Å². The number of pyridine rings is 1. The number of hydrogen-bond acceptors (Lipinski definition) is 5. The summed E-state index contributed by atoms with van der Waals surface area (Å²) in [5, 5.41) is 23.1. The second-order valence-corrected chi connectivity index (χ2v) is 7.90. The average Bonchev–Trinajstić information content (AvgIpc) is 3.19. The second-order valence-electron chi connectivity index (χ2n) is 7.49. The highest BCUT2D eigenvalue weighted by Gasteiger charge is 2.19. The van der Waals surface area contributed by atoms with E-state index in [-0.39, 0.29) is 23.3 Å². The first-order valence-corrected chi connectivity index (χ1v) is 10.3. The third kappa shape index (κ3) is 4.23. The molecule has 5 N–H and O–H groups in total. The van der Waals surface area contributed by atoms with Gasteiger partial charge in [0.1, 0.15) is 11.4 Å². The number of hydrogen-bond donors (Lipinski definition) is 5. The lowest BCUT2D eigenvalue weighted by atomic mass is 10.1. The average molecular weight is 453 g/mol. The van der Waals surface area contributed by atoms with Crippen LogP contribution in [0.25, 0.3) is 22.4 Å². The van der Waals surface area contributed by atoms with Crippen molar-refractivity contribution in [2.24, 2.45) is 0 Å². The monoisotopic (exact) mass is 452 g/mol. The van der Waals surface area contributed by atoms with Gasteiger partial charge >= 0.3 is 5.97 Å². The van der Waals surface area contributed by atoms with Crippen molar-refractivity contribution >= 4 is 34.3 Å². The number of carbonyl (C=O) groups is 1. The summed E-state index contributed by atoms with van der Waals surface area (Å²) in [5.74, 6) is -0.749. The van der Waals surface area contributed by atoms with E-state index in [1.54, 1.807) is 19.1 Å². The molecule has 0 aliphatic rings. The van der Waals surface area contributed by atoms with E-state index in [1.807, 2.05) is 18.2 Å². The Kier molecular flexibility index (Phi) is 5.98. The van der Waals surface area contributed by atoms with Gasteiger partial charge in [0.15, 0.2) is 0 Å². The summed E-state index contributed by atoms with van der Waals surface area (Å²) >= 11 is 6.25. The van der Waals surface area contributed by atoms with Crippen LogP contribution >= 0.6 is 11.6 Å². The fraction of sp³-hybridized carbons (Fsp3) is 0.174. The van der Waals surface area contributed by atoms with Gasteiger partial charge in [0.05, 0.1) is 34.9 Å². The quantitative estimate of drug-likeness (QED) is 0.291. The zero-order valence-electron chi connectivity index (χ0n) is 17.1. The first-order valence-electron chi connectivity index (χ1n) is 9.94. The van der Waals surface area contributed by atoms with E-state index in [0.717, 1.165) is 5.56 Å². The van der Waals surface area contributed by atoms with Gasteiger partial charge in [-0.1, -0.05) is 29.8 Å². The van der Waals surface area contributed by atoms with Gasteiger partial charge in [-0.3, -0.25) is 4.79 Å². The summed E-state index contributed by atoms with van der Waals surface area (Å²) in [6.07, 6.45) is 1.96.